The molecule has 0 spiro atoms. The van der Waals surface area contributed by atoms with Crippen molar-refractivity contribution < 1.29 is 4.79 Å². The van der Waals surface area contributed by atoms with Gasteiger partial charge >= 0.3 is 0 Å². The number of nitrogen functional groups attached to an aromatic ring is 1. The van der Waals surface area contributed by atoms with Crippen LogP contribution in [-0.4, -0.2) is 24.0 Å². The zero-order chi connectivity index (χ0) is 14.7. The molecule has 3 N–H and O–H groups in total. The summed E-state index contributed by atoms with van der Waals surface area (Å²) >= 11 is 3.21. The largest absolute Gasteiger partial charge is 0.397 e. The third-order valence-electron chi connectivity index (χ3n) is 3.28. The van der Waals surface area contributed by atoms with Gasteiger partial charge in [-0.25, -0.2) is 0 Å². The average Bonchev–Trinajstić information content (AvgIpc) is 2.75. The van der Waals surface area contributed by atoms with Crippen molar-refractivity contribution in [3.63, 3.8) is 0 Å². The minimum atomic E-state index is -0.0535. The smallest absolute Gasteiger partial charge is 0.263 e. The molecular weight excluding hydrogens is 288 g/mol. The summed E-state index contributed by atoms with van der Waals surface area (Å²) in [7, 11) is 0. The van der Waals surface area contributed by atoms with Crippen molar-refractivity contribution >= 4 is 44.8 Å². The molecule has 1 unspecified atom stereocenters. The van der Waals surface area contributed by atoms with E-state index in [4.69, 9.17) is 5.73 Å². The number of carbonyl (C=O) groups is 1. The summed E-state index contributed by atoms with van der Waals surface area (Å²) in [6.45, 7) is 4.11. The molecule has 0 saturated heterocycles. The maximum absolute atomic E-state index is 12.4. The number of thiophene rings is 1. The van der Waals surface area contributed by atoms with Crippen molar-refractivity contribution in [1.29, 1.82) is 0 Å². The summed E-state index contributed by atoms with van der Waals surface area (Å²) in [4.78, 5) is 13.0. The first-order valence-electron chi connectivity index (χ1n) is 6.65. The SMILES string of the molecule is CCC(CSC)NC(=O)c1sc2ccc(C)cc2c1N. The molecule has 5 heteroatoms. The summed E-state index contributed by atoms with van der Waals surface area (Å²) in [6.07, 6.45) is 2.97. The maximum Gasteiger partial charge on any atom is 0.263 e. The van der Waals surface area contributed by atoms with E-state index in [1.165, 1.54) is 11.3 Å². The molecule has 0 fully saturated rings. The van der Waals surface area contributed by atoms with Crippen LogP contribution in [0.2, 0.25) is 0 Å². The Morgan fingerprint density at radius 2 is 2.25 bits per heavy atom. The molecule has 1 atom stereocenters. The van der Waals surface area contributed by atoms with Gasteiger partial charge in [-0.15, -0.1) is 11.3 Å². The van der Waals surface area contributed by atoms with Crippen LogP contribution in [0.1, 0.15) is 28.6 Å². The van der Waals surface area contributed by atoms with E-state index < -0.39 is 0 Å². The van der Waals surface area contributed by atoms with E-state index in [9.17, 15) is 4.79 Å². The number of amides is 1. The van der Waals surface area contributed by atoms with Crippen LogP contribution in [0.15, 0.2) is 18.2 Å². The van der Waals surface area contributed by atoms with Crippen molar-refractivity contribution in [2.75, 3.05) is 17.7 Å². The fraction of sp³-hybridized carbons (Fsp3) is 0.400. The Hall–Kier alpha value is -1.20. The van der Waals surface area contributed by atoms with Crippen molar-refractivity contribution in [3.05, 3.63) is 28.6 Å². The van der Waals surface area contributed by atoms with Gasteiger partial charge in [-0.1, -0.05) is 18.6 Å². The number of hydrogen-bond acceptors (Lipinski definition) is 4. The summed E-state index contributed by atoms with van der Waals surface area (Å²) in [5.74, 6) is 0.869. The molecule has 108 valence electrons. The molecule has 1 amide bonds. The van der Waals surface area contributed by atoms with E-state index in [1.807, 2.05) is 31.4 Å². The van der Waals surface area contributed by atoms with Gasteiger partial charge in [0.05, 0.1) is 5.69 Å². The Balaban J connectivity index is 2.28. The highest BCUT2D eigenvalue weighted by Gasteiger charge is 2.18. The Morgan fingerprint density at radius 1 is 1.50 bits per heavy atom. The Morgan fingerprint density at radius 3 is 2.90 bits per heavy atom. The minimum absolute atomic E-state index is 0.0535. The average molecular weight is 308 g/mol. The first-order valence-corrected chi connectivity index (χ1v) is 8.86. The number of fused-ring (bicyclic) bond motifs is 1. The van der Waals surface area contributed by atoms with E-state index in [0.717, 1.165) is 27.8 Å². The Kier molecular flexibility index (Phi) is 4.94. The number of hydrogen-bond donors (Lipinski definition) is 2. The molecule has 0 saturated carbocycles. The number of anilines is 1. The molecule has 20 heavy (non-hydrogen) atoms. The maximum atomic E-state index is 12.4. The standard InChI is InChI=1S/C15H20N2OS2/c1-4-10(8-19-3)17-15(18)14-13(16)11-7-9(2)5-6-12(11)20-14/h5-7,10H,4,8,16H2,1-3H3,(H,17,18). The van der Waals surface area contributed by atoms with Gasteiger partial charge in [0.15, 0.2) is 0 Å². The summed E-state index contributed by atoms with van der Waals surface area (Å²) in [6, 6.07) is 6.31. The summed E-state index contributed by atoms with van der Waals surface area (Å²) in [5.41, 5.74) is 7.90. The van der Waals surface area contributed by atoms with Gasteiger partial charge in [0.1, 0.15) is 4.88 Å². The minimum Gasteiger partial charge on any atom is -0.397 e. The first-order chi connectivity index (χ1) is 9.56. The third kappa shape index (κ3) is 3.10. The van der Waals surface area contributed by atoms with Crippen LogP contribution in [-0.2, 0) is 0 Å². The van der Waals surface area contributed by atoms with E-state index in [2.05, 4.69) is 12.2 Å². The second kappa shape index (κ2) is 6.50. The van der Waals surface area contributed by atoms with E-state index in [1.54, 1.807) is 11.8 Å². The monoisotopic (exact) mass is 308 g/mol. The van der Waals surface area contributed by atoms with Gasteiger partial charge in [-0.05, 0) is 31.7 Å². The van der Waals surface area contributed by atoms with Crippen LogP contribution in [0.3, 0.4) is 0 Å². The van der Waals surface area contributed by atoms with Gasteiger partial charge in [-0.3, -0.25) is 4.79 Å². The number of rotatable bonds is 5. The summed E-state index contributed by atoms with van der Waals surface area (Å²) < 4.78 is 1.07. The molecular formula is C15H20N2OS2. The molecule has 2 rings (SSSR count). The lowest BCUT2D eigenvalue weighted by Gasteiger charge is -2.15. The molecule has 3 nitrogen and oxygen atoms in total. The van der Waals surface area contributed by atoms with Gasteiger partial charge in [-0.2, -0.15) is 11.8 Å². The van der Waals surface area contributed by atoms with Crippen LogP contribution >= 0.6 is 23.1 Å². The lowest BCUT2D eigenvalue weighted by atomic mass is 10.1. The molecule has 1 aromatic carbocycles. The van der Waals surface area contributed by atoms with Crippen LogP contribution in [0.5, 0.6) is 0 Å². The van der Waals surface area contributed by atoms with Crippen molar-refractivity contribution in [2.24, 2.45) is 0 Å². The van der Waals surface area contributed by atoms with Crippen LogP contribution in [0.25, 0.3) is 10.1 Å². The zero-order valence-corrected chi connectivity index (χ0v) is 13.7. The first kappa shape index (κ1) is 15.2. The highest BCUT2D eigenvalue weighted by Crippen LogP contribution is 2.34. The van der Waals surface area contributed by atoms with E-state index in [0.29, 0.717) is 10.6 Å². The number of aryl methyl sites for hydroxylation is 1. The lowest BCUT2D eigenvalue weighted by molar-refractivity contribution is 0.0945. The number of benzene rings is 1. The molecule has 0 aliphatic carbocycles. The molecule has 0 aliphatic rings. The molecule has 0 aliphatic heterocycles. The normalized spacial score (nSPS) is 12.6. The number of nitrogens with one attached hydrogen (secondary N) is 1. The fourth-order valence-electron chi connectivity index (χ4n) is 2.11. The fourth-order valence-corrected chi connectivity index (χ4v) is 3.84. The molecule has 1 heterocycles. The van der Waals surface area contributed by atoms with Gasteiger partial charge in [0.25, 0.3) is 5.91 Å². The van der Waals surface area contributed by atoms with Crippen LogP contribution < -0.4 is 11.1 Å². The third-order valence-corrected chi connectivity index (χ3v) is 5.21. The Labute approximate surface area is 127 Å². The zero-order valence-electron chi connectivity index (χ0n) is 12.0. The number of thioether (sulfide) groups is 1. The molecule has 1 aromatic heterocycles. The second-order valence-corrected chi connectivity index (χ2v) is 6.84. The van der Waals surface area contributed by atoms with Crippen LogP contribution in [0, 0.1) is 6.92 Å². The molecule has 0 radical (unpaired) electrons. The topological polar surface area (TPSA) is 55.1 Å². The molecule has 2 aromatic rings. The van der Waals surface area contributed by atoms with Crippen LogP contribution in [0.4, 0.5) is 5.69 Å². The lowest BCUT2D eigenvalue weighted by Crippen LogP contribution is -2.36. The van der Waals surface area contributed by atoms with Gasteiger partial charge < -0.3 is 11.1 Å². The predicted octanol–water partition coefficient (Wildman–Crippen LogP) is 3.66. The van der Waals surface area contributed by atoms with E-state index in [-0.39, 0.29) is 11.9 Å². The quantitative estimate of drug-likeness (QED) is 0.886. The van der Waals surface area contributed by atoms with Crippen molar-refractivity contribution in [2.45, 2.75) is 26.3 Å². The predicted molar refractivity (Wildman–Crippen MR) is 90.9 cm³/mol. The Bertz CT molecular complexity index is 622. The highest BCUT2D eigenvalue weighted by molar-refractivity contribution is 7.98. The molecule has 0 bridgehead atoms. The highest BCUT2D eigenvalue weighted by atomic mass is 32.2. The second-order valence-electron chi connectivity index (χ2n) is 4.88. The van der Waals surface area contributed by atoms with E-state index >= 15 is 0 Å². The van der Waals surface area contributed by atoms with Crippen molar-refractivity contribution in [1.82, 2.24) is 5.32 Å². The summed E-state index contributed by atoms with van der Waals surface area (Å²) in [5, 5.41) is 4.06. The number of carbonyl (C=O) groups excluding carboxylic acids is 1. The van der Waals surface area contributed by atoms with Gasteiger partial charge in [0, 0.05) is 21.9 Å². The van der Waals surface area contributed by atoms with Crippen molar-refractivity contribution in [3.8, 4) is 0 Å². The number of nitrogens with two attached hydrogens (primary N) is 1. The van der Waals surface area contributed by atoms with Gasteiger partial charge in [0.2, 0.25) is 0 Å².